The molecule has 0 atom stereocenters. The Kier molecular flexibility index (Phi) is 2.08. The Bertz CT molecular complexity index is 311. The van der Waals surface area contributed by atoms with Gasteiger partial charge in [0.2, 0.25) is 0 Å². The molecule has 1 aromatic carbocycles. The van der Waals surface area contributed by atoms with Gasteiger partial charge in [0.1, 0.15) is 0 Å². The number of phenolic OH excluding ortho intramolecular Hbond substituents is 1. The van der Waals surface area contributed by atoms with Crippen LogP contribution in [0.3, 0.4) is 0 Å². The molecule has 0 aromatic heterocycles. The summed E-state index contributed by atoms with van der Waals surface area (Å²) in [6, 6.07) is 1.64. The molecule has 1 N–H and O–H groups in total. The maximum absolute atomic E-state index is 12.5. The smallest absolute Gasteiger partial charge is 0.200 e. The van der Waals surface area contributed by atoms with Gasteiger partial charge in [-0.2, -0.15) is 4.39 Å². The molecule has 0 aliphatic rings. The molecule has 0 saturated carbocycles. The van der Waals surface area contributed by atoms with Gasteiger partial charge >= 0.3 is 0 Å². The van der Waals surface area contributed by atoms with Gasteiger partial charge in [0.05, 0.1) is 0 Å². The third-order valence-corrected chi connectivity index (χ3v) is 1.42. The Labute approximate surface area is 67.4 Å². The number of aromatic hydroxyl groups is 1. The number of halogens is 2. The number of hydrogen-bond acceptors (Lipinski definition) is 2. The van der Waals surface area contributed by atoms with Gasteiger partial charge in [-0.25, -0.2) is 4.39 Å². The monoisotopic (exact) mass is 172 g/mol. The summed E-state index contributed by atoms with van der Waals surface area (Å²) in [5.74, 6) is -3.83. The first-order valence-corrected chi connectivity index (χ1v) is 3.21. The van der Waals surface area contributed by atoms with Gasteiger partial charge in [0.25, 0.3) is 0 Å². The van der Waals surface area contributed by atoms with Gasteiger partial charge < -0.3 is 5.11 Å². The Hall–Kier alpha value is -1.45. The van der Waals surface area contributed by atoms with Crippen LogP contribution in [0.15, 0.2) is 12.1 Å². The zero-order chi connectivity index (χ0) is 9.30. The third-order valence-electron chi connectivity index (χ3n) is 1.42. The number of carbonyl (C=O) groups excluding carboxylic acids is 1. The van der Waals surface area contributed by atoms with Crippen LogP contribution in [-0.4, -0.2) is 10.9 Å². The van der Waals surface area contributed by atoms with E-state index in [1.807, 2.05) is 0 Å². The summed E-state index contributed by atoms with van der Waals surface area (Å²) >= 11 is 0. The van der Waals surface area contributed by atoms with Crippen LogP contribution in [0.1, 0.15) is 17.3 Å². The van der Waals surface area contributed by atoms with Gasteiger partial charge in [-0.3, -0.25) is 4.79 Å². The van der Waals surface area contributed by atoms with Crippen LogP contribution in [0.25, 0.3) is 0 Å². The molecule has 0 heterocycles. The topological polar surface area (TPSA) is 37.3 Å². The van der Waals surface area contributed by atoms with E-state index in [1.54, 1.807) is 0 Å². The van der Waals surface area contributed by atoms with Crippen molar-refractivity contribution in [2.24, 2.45) is 0 Å². The van der Waals surface area contributed by atoms with Crippen molar-refractivity contribution < 1.29 is 18.7 Å². The van der Waals surface area contributed by atoms with Crippen LogP contribution < -0.4 is 0 Å². The number of ketones is 1. The molecule has 0 amide bonds. The molecule has 2 nitrogen and oxygen atoms in total. The maximum atomic E-state index is 12.5. The molecule has 0 bridgehead atoms. The molecule has 4 heteroatoms. The molecule has 0 fully saturated rings. The fraction of sp³-hybridized carbons (Fsp3) is 0.125. The van der Waals surface area contributed by atoms with Crippen molar-refractivity contribution in [1.82, 2.24) is 0 Å². The quantitative estimate of drug-likeness (QED) is 0.656. The first-order valence-electron chi connectivity index (χ1n) is 3.21. The van der Waals surface area contributed by atoms with Crippen molar-refractivity contribution in [2.75, 3.05) is 0 Å². The normalized spacial score (nSPS) is 9.92. The minimum Gasteiger partial charge on any atom is -0.505 e. The number of carbonyl (C=O) groups is 1. The average molecular weight is 172 g/mol. The predicted octanol–water partition coefficient (Wildman–Crippen LogP) is 1.87. The first kappa shape index (κ1) is 8.64. The zero-order valence-corrected chi connectivity index (χ0v) is 6.27. The van der Waals surface area contributed by atoms with Crippen LogP contribution in [-0.2, 0) is 0 Å². The lowest BCUT2D eigenvalue weighted by Crippen LogP contribution is -1.95. The SMILES string of the molecule is CC(=O)c1cc(O)c(F)c(F)c1. The predicted molar refractivity (Wildman–Crippen MR) is 38.0 cm³/mol. The Balaban J connectivity index is 3.31. The number of benzene rings is 1. The minimum atomic E-state index is -1.33. The lowest BCUT2D eigenvalue weighted by molar-refractivity contribution is 0.101. The number of phenols is 1. The van der Waals surface area contributed by atoms with Crippen LogP contribution >= 0.6 is 0 Å². The molecule has 0 spiro atoms. The van der Waals surface area contributed by atoms with Gasteiger partial charge in [0, 0.05) is 5.56 Å². The van der Waals surface area contributed by atoms with E-state index in [0.29, 0.717) is 0 Å². The molecule has 64 valence electrons. The third kappa shape index (κ3) is 1.42. The van der Waals surface area contributed by atoms with E-state index in [1.165, 1.54) is 6.92 Å². The highest BCUT2D eigenvalue weighted by molar-refractivity contribution is 5.94. The second kappa shape index (κ2) is 2.89. The van der Waals surface area contributed by atoms with Crippen molar-refractivity contribution in [3.05, 3.63) is 29.3 Å². The van der Waals surface area contributed by atoms with Crippen molar-refractivity contribution in [3.63, 3.8) is 0 Å². The highest BCUT2D eigenvalue weighted by atomic mass is 19.2. The van der Waals surface area contributed by atoms with Crippen molar-refractivity contribution in [1.29, 1.82) is 0 Å². The summed E-state index contributed by atoms with van der Waals surface area (Å²) in [4.78, 5) is 10.7. The molecule has 0 unspecified atom stereocenters. The largest absolute Gasteiger partial charge is 0.505 e. The average Bonchev–Trinajstić information content (AvgIpc) is 1.99. The van der Waals surface area contributed by atoms with Crippen LogP contribution in [0.4, 0.5) is 8.78 Å². The fourth-order valence-corrected chi connectivity index (χ4v) is 0.778. The molecular formula is C8H6F2O2. The Morgan fingerprint density at radius 1 is 1.42 bits per heavy atom. The van der Waals surface area contributed by atoms with Gasteiger partial charge in [-0.05, 0) is 19.1 Å². The highest BCUT2D eigenvalue weighted by Gasteiger charge is 2.11. The van der Waals surface area contributed by atoms with E-state index in [0.717, 1.165) is 12.1 Å². The van der Waals surface area contributed by atoms with Crippen molar-refractivity contribution >= 4 is 5.78 Å². The minimum absolute atomic E-state index is 0.0496. The van der Waals surface area contributed by atoms with Crippen LogP contribution in [0, 0.1) is 11.6 Å². The number of hydrogen-bond donors (Lipinski definition) is 1. The summed E-state index contributed by atoms with van der Waals surface area (Å²) in [6.45, 7) is 1.20. The van der Waals surface area contributed by atoms with Gasteiger partial charge in [-0.15, -0.1) is 0 Å². The van der Waals surface area contributed by atoms with Crippen LogP contribution in [0.2, 0.25) is 0 Å². The molecular weight excluding hydrogens is 166 g/mol. The second-order valence-electron chi connectivity index (χ2n) is 2.35. The molecule has 0 aliphatic carbocycles. The lowest BCUT2D eigenvalue weighted by atomic mass is 10.1. The van der Waals surface area contributed by atoms with E-state index in [4.69, 9.17) is 5.11 Å². The summed E-state index contributed by atoms with van der Waals surface area (Å²) in [5.41, 5.74) is -0.0496. The van der Waals surface area contributed by atoms with Crippen molar-refractivity contribution in [3.8, 4) is 5.75 Å². The molecule has 0 radical (unpaired) electrons. The molecule has 1 aromatic rings. The fourth-order valence-electron chi connectivity index (χ4n) is 0.778. The summed E-state index contributed by atoms with van der Waals surface area (Å²) in [6.07, 6.45) is 0. The standard InChI is InChI=1S/C8H6F2O2/c1-4(11)5-2-6(9)8(10)7(12)3-5/h2-3,12H,1H3. The van der Waals surface area contributed by atoms with Gasteiger partial charge in [-0.1, -0.05) is 0 Å². The van der Waals surface area contributed by atoms with E-state index in [9.17, 15) is 13.6 Å². The number of Topliss-reactive ketones (excluding diaryl/α,β-unsaturated/α-hetero) is 1. The first-order chi connectivity index (χ1) is 5.52. The summed E-state index contributed by atoms with van der Waals surface area (Å²) < 4.78 is 25.0. The zero-order valence-electron chi connectivity index (χ0n) is 6.27. The molecule has 0 aliphatic heterocycles. The maximum Gasteiger partial charge on any atom is 0.200 e. The van der Waals surface area contributed by atoms with Crippen LogP contribution in [0.5, 0.6) is 5.75 Å². The van der Waals surface area contributed by atoms with Gasteiger partial charge in [0.15, 0.2) is 23.2 Å². The Morgan fingerprint density at radius 2 is 2.00 bits per heavy atom. The summed E-state index contributed by atoms with van der Waals surface area (Å²) in [7, 11) is 0. The Morgan fingerprint density at radius 3 is 2.42 bits per heavy atom. The highest BCUT2D eigenvalue weighted by Crippen LogP contribution is 2.20. The van der Waals surface area contributed by atoms with E-state index in [2.05, 4.69) is 0 Å². The lowest BCUT2D eigenvalue weighted by Gasteiger charge is -1.99. The number of rotatable bonds is 1. The van der Waals surface area contributed by atoms with E-state index in [-0.39, 0.29) is 5.56 Å². The second-order valence-corrected chi connectivity index (χ2v) is 2.35. The van der Waals surface area contributed by atoms with E-state index >= 15 is 0 Å². The molecule has 12 heavy (non-hydrogen) atoms. The van der Waals surface area contributed by atoms with E-state index < -0.39 is 23.2 Å². The van der Waals surface area contributed by atoms with Crippen molar-refractivity contribution in [2.45, 2.75) is 6.92 Å². The molecule has 1 rings (SSSR count). The summed E-state index contributed by atoms with van der Waals surface area (Å²) in [5, 5.41) is 8.76. The molecule has 0 saturated heterocycles.